The van der Waals surface area contributed by atoms with E-state index in [1.165, 1.54) is 25.3 Å². The molecule has 0 radical (unpaired) electrons. The first-order chi connectivity index (χ1) is 9.87. The van der Waals surface area contributed by atoms with Gasteiger partial charge in [0.15, 0.2) is 0 Å². The summed E-state index contributed by atoms with van der Waals surface area (Å²) in [5.74, 6) is -0.684. The number of benzene rings is 1. The zero-order valence-electron chi connectivity index (χ0n) is 11.1. The fraction of sp³-hybridized carbons (Fsp3) is 0.417. The molecule has 0 saturated carbocycles. The molecule has 1 aromatic rings. The topological polar surface area (TPSA) is 72.9 Å². The second-order valence-corrected chi connectivity index (χ2v) is 7.01. The summed E-state index contributed by atoms with van der Waals surface area (Å²) in [7, 11) is -2.79. The van der Waals surface area contributed by atoms with Gasteiger partial charge in [-0.05, 0) is 18.2 Å². The molecule has 0 spiro atoms. The highest BCUT2D eigenvalue weighted by molar-refractivity contribution is 7.89. The Labute approximate surface area is 132 Å². The fourth-order valence-electron chi connectivity index (χ4n) is 2.00. The van der Waals surface area contributed by atoms with Gasteiger partial charge in [-0.3, -0.25) is 4.79 Å². The van der Waals surface area contributed by atoms with E-state index in [4.69, 9.17) is 27.9 Å². The second kappa shape index (κ2) is 6.50. The van der Waals surface area contributed by atoms with E-state index in [1.54, 1.807) is 0 Å². The summed E-state index contributed by atoms with van der Waals surface area (Å²) in [6, 6.07) is 3.09. The lowest BCUT2D eigenvalue weighted by Crippen LogP contribution is -2.52. The first kappa shape index (κ1) is 16.5. The van der Waals surface area contributed by atoms with Crippen molar-refractivity contribution in [1.82, 2.24) is 4.31 Å². The number of carbonyl (C=O) groups is 1. The van der Waals surface area contributed by atoms with Crippen LogP contribution in [0.25, 0.3) is 0 Å². The highest BCUT2D eigenvalue weighted by Gasteiger charge is 2.39. The van der Waals surface area contributed by atoms with Crippen molar-refractivity contribution in [3.8, 4) is 0 Å². The predicted molar refractivity (Wildman–Crippen MR) is 77.0 cm³/mol. The lowest BCUT2D eigenvalue weighted by molar-refractivity contribution is -0.149. The van der Waals surface area contributed by atoms with Gasteiger partial charge >= 0.3 is 5.97 Å². The number of halogens is 2. The third-order valence-electron chi connectivity index (χ3n) is 3.03. The van der Waals surface area contributed by atoms with Crippen molar-refractivity contribution in [3.05, 3.63) is 28.2 Å². The van der Waals surface area contributed by atoms with Crippen LogP contribution in [-0.2, 0) is 24.3 Å². The van der Waals surface area contributed by atoms with Crippen molar-refractivity contribution < 1.29 is 22.7 Å². The number of morpholine rings is 1. The molecule has 0 aromatic heterocycles. The first-order valence-corrected chi connectivity index (χ1v) is 8.20. The highest BCUT2D eigenvalue weighted by atomic mass is 35.5. The quantitative estimate of drug-likeness (QED) is 0.771. The number of hydrogen-bond acceptors (Lipinski definition) is 5. The molecule has 1 aliphatic heterocycles. The minimum atomic E-state index is -3.98. The molecule has 2 rings (SSSR count). The number of carbonyl (C=O) groups excluding carboxylic acids is 1. The predicted octanol–water partition coefficient (Wildman–Crippen LogP) is 1.56. The standard InChI is InChI=1S/C12H13Cl2NO5S/c1-19-12(16)10-7-20-5-4-15(10)21(17,18)11-6-8(13)2-3-9(11)14/h2-3,6,10H,4-5,7H2,1H3. The minimum Gasteiger partial charge on any atom is -0.468 e. The molecule has 0 bridgehead atoms. The van der Waals surface area contributed by atoms with Crippen LogP contribution in [0.4, 0.5) is 0 Å². The number of rotatable bonds is 3. The Hall–Kier alpha value is -0.860. The normalized spacial score (nSPS) is 20.2. The molecule has 1 heterocycles. The Balaban J connectivity index is 2.45. The maximum atomic E-state index is 12.7. The molecule has 1 atom stereocenters. The summed E-state index contributed by atoms with van der Waals surface area (Å²) in [6.07, 6.45) is 0. The van der Waals surface area contributed by atoms with Crippen molar-refractivity contribution in [2.75, 3.05) is 26.9 Å². The van der Waals surface area contributed by atoms with Gasteiger partial charge in [0.25, 0.3) is 0 Å². The van der Waals surface area contributed by atoms with Gasteiger partial charge in [0, 0.05) is 11.6 Å². The van der Waals surface area contributed by atoms with Gasteiger partial charge < -0.3 is 9.47 Å². The van der Waals surface area contributed by atoms with Gasteiger partial charge in [-0.25, -0.2) is 8.42 Å². The zero-order valence-corrected chi connectivity index (χ0v) is 13.4. The number of hydrogen-bond donors (Lipinski definition) is 0. The molecule has 1 unspecified atom stereocenters. The molecule has 116 valence electrons. The van der Waals surface area contributed by atoms with Crippen LogP contribution in [0.2, 0.25) is 10.0 Å². The molecule has 0 N–H and O–H groups in total. The lowest BCUT2D eigenvalue weighted by Gasteiger charge is -2.32. The van der Waals surface area contributed by atoms with Gasteiger partial charge in [-0.15, -0.1) is 0 Å². The van der Waals surface area contributed by atoms with Crippen molar-refractivity contribution in [2.24, 2.45) is 0 Å². The van der Waals surface area contributed by atoms with Crippen LogP contribution in [0, 0.1) is 0 Å². The van der Waals surface area contributed by atoms with Crippen LogP contribution >= 0.6 is 23.2 Å². The molecule has 1 aromatic carbocycles. The maximum absolute atomic E-state index is 12.7. The maximum Gasteiger partial charge on any atom is 0.326 e. The number of methoxy groups -OCH3 is 1. The number of ether oxygens (including phenoxy) is 2. The highest BCUT2D eigenvalue weighted by Crippen LogP contribution is 2.29. The van der Waals surface area contributed by atoms with Crippen LogP contribution in [0.5, 0.6) is 0 Å². The van der Waals surface area contributed by atoms with Gasteiger partial charge in [-0.2, -0.15) is 4.31 Å². The first-order valence-electron chi connectivity index (χ1n) is 6.00. The largest absolute Gasteiger partial charge is 0.468 e. The van der Waals surface area contributed by atoms with Crippen LogP contribution < -0.4 is 0 Å². The second-order valence-electron chi connectivity index (χ2n) is 4.30. The monoisotopic (exact) mass is 353 g/mol. The molecular formula is C12H13Cl2NO5S. The lowest BCUT2D eigenvalue weighted by atomic mass is 10.3. The van der Waals surface area contributed by atoms with Crippen LogP contribution in [-0.4, -0.2) is 51.6 Å². The van der Waals surface area contributed by atoms with Gasteiger partial charge in [-0.1, -0.05) is 23.2 Å². The van der Waals surface area contributed by atoms with E-state index in [0.717, 1.165) is 4.31 Å². The number of esters is 1. The Morgan fingerprint density at radius 1 is 1.43 bits per heavy atom. The average molecular weight is 354 g/mol. The molecule has 1 fully saturated rings. The van der Waals surface area contributed by atoms with Crippen molar-refractivity contribution >= 4 is 39.2 Å². The Morgan fingerprint density at radius 3 is 2.81 bits per heavy atom. The van der Waals surface area contributed by atoms with E-state index in [-0.39, 0.29) is 34.7 Å². The van der Waals surface area contributed by atoms with Gasteiger partial charge in [0.1, 0.15) is 10.9 Å². The summed E-state index contributed by atoms with van der Waals surface area (Å²) in [5.41, 5.74) is 0. The summed E-state index contributed by atoms with van der Waals surface area (Å²) < 4.78 is 36.2. The zero-order chi connectivity index (χ0) is 15.6. The SMILES string of the molecule is COC(=O)C1COCCN1S(=O)(=O)c1cc(Cl)ccc1Cl. The van der Waals surface area contributed by atoms with E-state index in [0.29, 0.717) is 0 Å². The third-order valence-corrected chi connectivity index (χ3v) is 5.66. The van der Waals surface area contributed by atoms with E-state index < -0.39 is 22.0 Å². The third kappa shape index (κ3) is 3.32. The molecule has 0 amide bonds. The molecule has 0 aliphatic carbocycles. The fourth-order valence-corrected chi connectivity index (χ4v) is 4.29. The minimum absolute atomic E-state index is 0.0327. The Bertz CT molecular complexity index is 649. The van der Waals surface area contributed by atoms with Gasteiger partial charge in [0.05, 0.1) is 25.3 Å². The Kier molecular flexibility index (Phi) is 5.11. The summed E-state index contributed by atoms with van der Waals surface area (Å²) in [5, 5.41) is 0.273. The summed E-state index contributed by atoms with van der Waals surface area (Å²) in [6.45, 7) is 0.153. The molecule has 21 heavy (non-hydrogen) atoms. The summed E-state index contributed by atoms with van der Waals surface area (Å²) in [4.78, 5) is 11.6. The average Bonchev–Trinajstić information content (AvgIpc) is 2.48. The van der Waals surface area contributed by atoms with E-state index in [1.807, 2.05) is 0 Å². The van der Waals surface area contributed by atoms with Crippen LogP contribution in [0.15, 0.2) is 23.1 Å². The van der Waals surface area contributed by atoms with E-state index in [9.17, 15) is 13.2 Å². The van der Waals surface area contributed by atoms with E-state index in [2.05, 4.69) is 4.74 Å². The van der Waals surface area contributed by atoms with Crippen molar-refractivity contribution in [1.29, 1.82) is 0 Å². The summed E-state index contributed by atoms with van der Waals surface area (Å²) >= 11 is 11.8. The smallest absolute Gasteiger partial charge is 0.326 e. The van der Waals surface area contributed by atoms with E-state index >= 15 is 0 Å². The molecule has 1 aliphatic rings. The molecule has 1 saturated heterocycles. The molecule has 6 nitrogen and oxygen atoms in total. The number of nitrogens with zero attached hydrogens (tertiary/aromatic N) is 1. The van der Waals surface area contributed by atoms with Crippen molar-refractivity contribution in [3.63, 3.8) is 0 Å². The Morgan fingerprint density at radius 2 is 2.14 bits per heavy atom. The van der Waals surface area contributed by atoms with Gasteiger partial charge in [0.2, 0.25) is 10.0 Å². The van der Waals surface area contributed by atoms with Crippen molar-refractivity contribution in [2.45, 2.75) is 10.9 Å². The van der Waals surface area contributed by atoms with Crippen LogP contribution in [0.3, 0.4) is 0 Å². The van der Waals surface area contributed by atoms with Crippen LogP contribution in [0.1, 0.15) is 0 Å². The number of sulfonamides is 1. The molecule has 9 heteroatoms. The molecular weight excluding hydrogens is 341 g/mol.